The molecule has 0 bridgehead atoms. The molecule has 2 aromatic carbocycles. The molecule has 208 valence electrons. The Balaban J connectivity index is 1.59. The summed E-state index contributed by atoms with van der Waals surface area (Å²) >= 11 is 0. The molecular formula is C30H36FN3O5. The second-order valence-electron chi connectivity index (χ2n) is 10.3. The summed E-state index contributed by atoms with van der Waals surface area (Å²) in [5.41, 5.74) is 8.70. The minimum Gasteiger partial charge on any atom is -0.475 e. The smallest absolute Gasteiger partial charge is 0.371 e. The predicted octanol–water partition coefficient (Wildman–Crippen LogP) is 5.26. The number of fused-ring (bicyclic) bond motifs is 1. The molecule has 3 aromatic rings. The van der Waals surface area contributed by atoms with E-state index in [2.05, 4.69) is 5.32 Å². The number of nitrogens with one attached hydrogen (secondary N) is 1. The van der Waals surface area contributed by atoms with Crippen molar-refractivity contribution in [3.05, 3.63) is 65.4 Å². The molecule has 2 heterocycles. The quantitative estimate of drug-likeness (QED) is 0.307. The van der Waals surface area contributed by atoms with Crippen molar-refractivity contribution >= 4 is 34.4 Å². The molecular weight excluding hydrogens is 501 g/mol. The van der Waals surface area contributed by atoms with Gasteiger partial charge in [0.05, 0.1) is 0 Å². The lowest BCUT2D eigenvalue weighted by Crippen LogP contribution is -2.47. The van der Waals surface area contributed by atoms with Gasteiger partial charge in [0.1, 0.15) is 18.3 Å². The van der Waals surface area contributed by atoms with E-state index in [0.29, 0.717) is 55.3 Å². The van der Waals surface area contributed by atoms with Crippen LogP contribution in [-0.2, 0) is 9.59 Å². The van der Waals surface area contributed by atoms with Gasteiger partial charge in [0.25, 0.3) is 0 Å². The highest BCUT2D eigenvalue weighted by Gasteiger charge is 2.44. The minimum absolute atomic E-state index is 0.0704. The Hall–Kier alpha value is -3.72. The van der Waals surface area contributed by atoms with Crippen molar-refractivity contribution in [2.24, 2.45) is 11.7 Å². The van der Waals surface area contributed by atoms with Gasteiger partial charge in [0.2, 0.25) is 17.6 Å². The highest BCUT2D eigenvalue weighted by Crippen LogP contribution is 2.37. The lowest BCUT2D eigenvalue weighted by molar-refractivity contribution is -0.140. The number of benzene rings is 2. The third-order valence-electron chi connectivity index (χ3n) is 7.70. The summed E-state index contributed by atoms with van der Waals surface area (Å²) in [6, 6.07) is 13.0. The van der Waals surface area contributed by atoms with Crippen molar-refractivity contribution < 1.29 is 28.3 Å². The van der Waals surface area contributed by atoms with Crippen LogP contribution in [-0.4, -0.2) is 53.1 Å². The molecule has 4 rings (SSSR count). The minimum atomic E-state index is -1.17. The summed E-state index contributed by atoms with van der Waals surface area (Å²) in [5, 5.41) is 12.7. The molecule has 2 amide bonds. The van der Waals surface area contributed by atoms with Gasteiger partial charge in [-0.1, -0.05) is 37.6 Å². The second-order valence-corrected chi connectivity index (χ2v) is 10.3. The van der Waals surface area contributed by atoms with Crippen LogP contribution in [0.15, 0.2) is 52.9 Å². The van der Waals surface area contributed by atoms with E-state index in [4.69, 9.17) is 10.2 Å². The van der Waals surface area contributed by atoms with E-state index in [0.717, 1.165) is 11.1 Å². The summed E-state index contributed by atoms with van der Waals surface area (Å²) in [6.07, 6.45) is 3.01. The molecule has 1 aliphatic heterocycles. The number of carbonyl (C=O) groups is 3. The maximum atomic E-state index is 13.8. The van der Waals surface area contributed by atoms with E-state index in [1.807, 2.05) is 38.1 Å². The molecule has 9 heteroatoms. The van der Waals surface area contributed by atoms with E-state index in [-0.39, 0.29) is 29.4 Å². The number of alkyl halides is 1. The first kappa shape index (κ1) is 28.3. The van der Waals surface area contributed by atoms with E-state index in [1.54, 1.807) is 23.1 Å². The van der Waals surface area contributed by atoms with Gasteiger partial charge in [-0.2, -0.15) is 0 Å². The molecule has 1 fully saturated rings. The maximum absolute atomic E-state index is 13.8. The molecule has 0 aliphatic carbocycles. The number of carboxylic acids is 1. The zero-order chi connectivity index (χ0) is 28.1. The van der Waals surface area contributed by atoms with E-state index in [1.165, 1.54) is 6.07 Å². The standard InChI is InChI=1S/C30H36FN3O5/c1-3-19(8-6-9-21(32)17-31)29(36)34-14-13-24(23-10-5-4-7-18(23)2)27(34)28(35)33-22-11-12-25-20(15-22)16-26(39-25)30(37)38/h4-5,7,10-12,15-16,19,21,24,27H,3,6,8-9,13-14,17,32H2,1-2H3,(H,33,35)(H,37,38)/t19-,21?,24+,27+/m1/s1. The van der Waals surface area contributed by atoms with E-state index in [9.17, 15) is 23.9 Å². The average molecular weight is 538 g/mol. The third kappa shape index (κ3) is 6.30. The fourth-order valence-electron chi connectivity index (χ4n) is 5.58. The Morgan fingerprint density at radius 1 is 1.18 bits per heavy atom. The Morgan fingerprint density at radius 3 is 2.64 bits per heavy atom. The first-order valence-corrected chi connectivity index (χ1v) is 13.5. The number of hydrogen-bond acceptors (Lipinski definition) is 5. The third-order valence-corrected chi connectivity index (χ3v) is 7.70. The van der Waals surface area contributed by atoms with Crippen molar-refractivity contribution in [3.8, 4) is 0 Å². The summed E-state index contributed by atoms with van der Waals surface area (Å²) in [7, 11) is 0. The molecule has 1 aliphatic rings. The van der Waals surface area contributed by atoms with Gasteiger partial charge in [-0.3, -0.25) is 9.59 Å². The Bertz CT molecular complexity index is 1340. The van der Waals surface area contributed by atoms with Crippen molar-refractivity contribution in [1.82, 2.24) is 4.90 Å². The zero-order valence-corrected chi connectivity index (χ0v) is 22.4. The van der Waals surface area contributed by atoms with Crippen LogP contribution in [0.1, 0.15) is 66.6 Å². The lowest BCUT2D eigenvalue weighted by atomic mass is 9.87. The van der Waals surface area contributed by atoms with Gasteiger partial charge in [-0.05, 0) is 68.0 Å². The molecule has 4 N–H and O–H groups in total. The topological polar surface area (TPSA) is 126 Å². The Kier molecular flexibility index (Phi) is 9.01. The highest BCUT2D eigenvalue weighted by atomic mass is 19.1. The van der Waals surface area contributed by atoms with Crippen LogP contribution in [0.2, 0.25) is 0 Å². The van der Waals surface area contributed by atoms with Crippen molar-refractivity contribution in [2.45, 2.75) is 64.0 Å². The molecule has 0 radical (unpaired) electrons. The monoisotopic (exact) mass is 537 g/mol. The van der Waals surface area contributed by atoms with E-state index < -0.39 is 24.7 Å². The molecule has 8 nitrogen and oxygen atoms in total. The van der Waals surface area contributed by atoms with E-state index >= 15 is 0 Å². The van der Waals surface area contributed by atoms with Crippen LogP contribution >= 0.6 is 0 Å². The average Bonchev–Trinajstić information content (AvgIpc) is 3.55. The van der Waals surface area contributed by atoms with Crippen LogP contribution in [0, 0.1) is 12.8 Å². The molecule has 4 atom stereocenters. The number of anilines is 1. The molecule has 1 unspecified atom stereocenters. The number of furan rings is 1. The van der Waals surface area contributed by atoms with Gasteiger partial charge in [0, 0.05) is 35.5 Å². The highest BCUT2D eigenvalue weighted by molar-refractivity contribution is 6.00. The summed E-state index contributed by atoms with van der Waals surface area (Å²) in [4.78, 5) is 40.6. The zero-order valence-electron chi connectivity index (χ0n) is 22.4. The summed E-state index contributed by atoms with van der Waals surface area (Å²) in [5.74, 6) is -2.18. The number of nitrogens with zero attached hydrogens (tertiary/aromatic N) is 1. The molecule has 0 saturated carbocycles. The van der Waals surface area contributed by atoms with Crippen molar-refractivity contribution in [1.29, 1.82) is 0 Å². The van der Waals surface area contributed by atoms with Gasteiger partial charge >= 0.3 is 5.97 Å². The Labute approximate surface area is 227 Å². The number of aryl methyl sites for hydroxylation is 1. The SMILES string of the molecule is CC[C@H](CCCC(N)CF)C(=O)N1CC[C@@H](c2ccccc2C)[C@H]1C(=O)Nc1ccc2oc(C(=O)O)cc2c1. The van der Waals surface area contributed by atoms with Gasteiger partial charge < -0.3 is 25.5 Å². The first-order chi connectivity index (χ1) is 18.7. The van der Waals surface area contributed by atoms with Gasteiger partial charge in [-0.25, -0.2) is 9.18 Å². The number of aromatic carboxylic acids is 1. The van der Waals surface area contributed by atoms with Crippen LogP contribution in [0.4, 0.5) is 10.1 Å². The number of carbonyl (C=O) groups excluding carboxylic acids is 2. The van der Waals surface area contributed by atoms with Crippen molar-refractivity contribution in [2.75, 3.05) is 18.5 Å². The van der Waals surface area contributed by atoms with Gasteiger partial charge in [0.15, 0.2) is 0 Å². The second kappa shape index (κ2) is 12.4. The predicted molar refractivity (Wildman–Crippen MR) is 147 cm³/mol. The number of nitrogens with two attached hydrogens (primary N) is 1. The van der Waals surface area contributed by atoms with Crippen LogP contribution in [0.25, 0.3) is 11.0 Å². The molecule has 1 saturated heterocycles. The number of carboxylic acid groups (broad SMARTS) is 1. The number of likely N-dealkylation sites (tertiary alicyclic amines) is 1. The normalized spacial score (nSPS) is 18.7. The maximum Gasteiger partial charge on any atom is 0.371 e. The van der Waals surface area contributed by atoms with Crippen LogP contribution < -0.4 is 11.1 Å². The van der Waals surface area contributed by atoms with Crippen molar-refractivity contribution in [3.63, 3.8) is 0 Å². The number of amides is 2. The molecule has 0 spiro atoms. The molecule has 1 aromatic heterocycles. The van der Waals surface area contributed by atoms with Crippen LogP contribution in [0.3, 0.4) is 0 Å². The largest absolute Gasteiger partial charge is 0.475 e. The fourth-order valence-corrected chi connectivity index (χ4v) is 5.58. The number of rotatable bonds is 11. The summed E-state index contributed by atoms with van der Waals surface area (Å²) < 4.78 is 18.1. The lowest BCUT2D eigenvalue weighted by Gasteiger charge is -2.31. The Morgan fingerprint density at radius 2 is 1.95 bits per heavy atom. The first-order valence-electron chi connectivity index (χ1n) is 13.5. The fraction of sp³-hybridized carbons (Fsp3) is 0.433. The number of hydrogen-bond donors (Lipinski definition) is 3. The summed E-state index contributed by atoms with van der Waals surface area (Å²) in [6.45, 7) is 3.83. The number of halogens is 1. The molecule has 39 heavy (non-hydrogen) atoms. The van der Waals surface area contributed by atoms with Crippen LogP contribution in [0.5, 0.6) is 0 Å². The van der Waals surface area contributed by atoms with Gasteiger partial charge in [-0.15, -0.1) is 0 Å².